The maximum Gasteiger partial charge on any atom is 0.416 e. The number of H-pyrrole nitrogens is 1. The Labute approximate surface area is 150 Å². The molecule has 9 heteroatoms. The number of anilines is 1. The number of halogens is 4. The Morgan fingerprint density at radius 1 is 1.24 bits per heavy atom. The third kappa shape index (κ3) is 3.65. The molecule has 5 nitrogen and oxygen atoms in total. The van der Waals surface area contributed by atoms with Crippen LogP contribution >= 0.6 is 15.9 Å². The number of alkyl halides is 3. The lowest BCUT2D eigenvalue weighted by molar-refractivity contribution is -0.137. The molecule has 0 aliphatic carbocycles. The van der Waals surface area contributed by atoms with Crippen LogP contribution in [0.4, 0.5) is 18.9 Å². The predicted molar refractivity (Wildman–Crippen MR) is 90.6 cm³/mol. The van der Waals surface area contributed by atoms with Gasteiger partial charge in [0.2, 0.25) is 0 Å². The van der Waals surface area contributed by atoms with Crippen LogP contribution < -0.4 is 4.90 Å². The zero-order chi connectivity index (χ0) is 18.2. The fourth-order valence-corrected chi connectivity index (χ4v) is 3.10. The van der Waals surface area contributed by atoms with E-state index in [0.717, 1.165) is 17.8 Å². The molecule has 0 unspecified atom stereocenters. The summed E-state index contributed by atoms with van der Waals surface area (Å²) in [6.07, 6.45) is -4.36. The lowest BCUT2D eigenvalue weighted by Gasteiger charge is -2.36. The van der Waals surface area contributed by atoms with Crippen LogP contribution in [-0.2, 0) is 6.18 Å². The number of benzene rings is 1. The van der Waals surface area contributed by atoms with Gasteiger partial charge < -0.3 is 9.80 Å². The highest BCUT2D eigenvalue weighted by molar-refractivity contribution is 9.10. The maximum atomic E-state index is 12.8. The fraction of sp³-hybridized carbons (Fsp3) is 0.375. The second-order valence-electron chi connectivity index (χ2n) is 5.84. The van der Waals surface area contributed by atoms with Gasteiger partial charge in [-0.2, -0.15) is 18.3 Å². The van der Waals surface area contributed by atoms with Gasteiger partial charge in [0.15, 0.2) is 5.69 Å². The lowest BCUT2D eigenvalue weighted by atomic mass is 10.1. The number of aromatic amines is 1. The Morgan fingerprint density at radius 2 is 1.92 bits per heavy atom. The number of piperazine rings is 1. The predicted octanol–water partition coefficient (Wildman–Crippen LogP) is 3.46. The van der Waals surface area contributed by atoms with Gasteiger partial charge in [0.05, 0.1) is 10.0 Å². The monoisotopic (exact) mass is 416 g/mol. The standard InChI is InChI=1S/C16H16BrF3N4O/c1-10-13(17)14(22-21-10)15(25)24-7-5-23(6-8-24)12-4-2-3-11(9-12)16(18,19)20/h2-4,9H,5-8H2,1H3,(H,21,22). The Hall–Kier alpha value is -2.03. The van der Waals surface area contributed by atoms with E-state index in [0.29, 0.717) is 42.0 Å². The third-order valence-corrected chi connectivity index (χ3v) is 5.15. The highest BCUT2D eigenvalue weighted by atomic mass is 79.9. The summed E-state index contributed by atoms with van der Waals surface area (Å²) in [5, 5.41) is 6.76. The first-order chi connectivity index (χ1) is 11.8. The van der Waals surface area contributed by atoms with E-state index in [4.69, 9.17) is 0 Å². The number of nitrogens with one attached hydrogen (secondary N) is 1. The molecular weight excluding hydrogens is 401 g/mol. The van der Waals surface area contributed by atoms with Crippen LogP contribution in [0.2, 0.25) is 0 Å². The molecule has 0 radical (unpaired) electrons. The molecule has 1 amide bonds. The number of aryl methyl sites for hydroxylation is 1. The lowest BCUT2D eigenvalue weighted by Crippen LogP contribution is -2.49. The highest BCUT2D eigenvalue weighted by Gasteiger charge is 2.31. The van der Waals surface area contributed by atoms with Gasteiger partial charge in [0.1, 0.15) is 0 Å². The molecule has 3 rings (SSSR count). The molecule has 1 aliphatic heterocycles. The molecule has 1 aliphatic rings. The van der Waals surface area contributed by atoms with E-state index in [1.807, 2.05) is 4.90 Å². The Bertz CT molecular complexity index is 782. The number of hydrogen-bond acceptors (Lipinski definition) is 3. The van der Waals surface area contributed by atoms with Gasteiger partial charge in [0.25, 0.3) is 5.91 Å². The Morgan fingerprint density at radius 3 is 2.48 bits per heavy atom. The van der Waals surface area contributed by atoms with Crippen LogP contribution in [0.5, 0.6) is 0 Å². The normalized spacial score (nSPS) is 15.6. The number of aromatic nitrogens is 2. The number of nitrogens with zero attached hydrogens (tertiary/aromatic N) is 3. The van der Waals surface area contributed by atoms with E-state index in [1.165, 1.54) is 6.07 Å². The van der Waals surface area contributed by atoms with Crippen LogP contribution in [0.1, 0.15) is 21.7 Å². The summed E-state index contributed by atoms with van der Waals surface area (Å²) < 4.78 is 39.2. The van der Waals surface area contributed by atoms with Crippen molar-refractivity contribution in [2.24, 2.45) is 0 Å². The SMILES string of the molecule is Cc1[nH]nc(C(=O)N2CCN(c3cccc(C(F)(F)F)c3)CC2)c1Br. The molecule has 2 aromatic rings. The molecule has 1 aromatic carbocycles. The fourth-order valence-electron chi connectivity index (χ4n) is 2.75. The average molecular weight is 417 g/mol. The molecule has 134 valence electrons. The topological polar surface area (TPSA) is 52.2 Å². The van der Waals surface area contributed by atoms with Crippen molar-refractivity contribution in [1.29, 1.82) is 0 Å². The largest absolute Gasteiger partial charge is 0.416 e. The number of hydrogen-bond donors (Lipinski definition) is 1. The van der Waals surface area contributed by atoms with Crippen molar-refractivity contribution >= 4 is 27.5 Å². The average Bonchev–Trinajstić information content (AvgIpc) is 2.93. The van der Waals surface area contributed by atoms with Gasteiger partial charge in [-0.3, -0.25) is 9.89 Å². The van der Waals surface area contributed by atoms with E-state index < -0.39 is 11.7 Å². The molecule has 1 aromatic heterocycles. The van der Waals surface area contributed by atoms with E-state index in [2.05, 4.69) is 26.1 Å². The molecule has 0 atom stereocenters. The molecule has 1 fully saturated rings. The van der Waals surface area contributed by atoms with Crippen molar-refractivity contribution in [2.75, 3.05) is 31.1 Å². The summed E-state index contributed by atoms with van der Waals surface area (Å²) in [7, 11) is 0. The third-order valence-electron chi connectivity index (χ3n) is 4.18. The second-order valence-corrected chi connectivity index (χ2v) is 6.63. The van der Waals surface area contributed by atoms with Crippen molar-refractivity contribution in [1.82, 2.24) is 15.1 Å². The molecular formula is C16H16BrF3N4O. The van der Waals surface area contributed by atoms with Crippen LogP contribution in [-0.4, -0.2) is 47.2 Å². The number of carbonyl (C=O) groups excluding carboxylic acids is 1. The van der Waals surface area contributed by atoms with Gasteiger partial charge in [0, 0.05) is 37.6 Å². The van der Waals surface area contributed by atoms with Gasteiger partial charge in [-0.15, -0.1) is 0 Å². The van der Waals surface area contributed by atoms with Gasteiger partial charge in [-0.1, -0.05) is 6.07 Å². The summed E-state index contributed by atoms with van der Waals surface area (Å²) in [5.41, 5.74) is 0.939. The zero-order valence-corrected chi connectivity index (χ0v) is 15.0. The van der Waals surface area contributed by atoms with Crippen molar-refractivity contribution in [3.8, 4) is 0 Å². The molecule has 0 spiro atoms. The molecule has 25 heavy (non-hydrogen) atoms. The van der Waals surface area contributed by atoms with Gasteiger partial charge in [-0.05, 0) is 41.1 Å². The number of carbonyl (C=O) groups is 1. The number of amides is 1. The van der Waals surface area contributed by atoms with E-state index in [1.54, 1.807) is 17.9 Å². The zero-order valence-electron chi connectivity index (χ0n) is 13.4. The highest BCUT2D eigenvalue weighted by Crippen LogP contribution is 2.32. The summed E-state index contributed by atoms with van der Waals surface area (Å²) in [6.45, 7) is 3.59. The van der Waals surface area contributed by atoms with Crippen molar-refractivity contribution in [2.45, 2.75) is 13.1 Å². The van der Waals surface area contributed by atoms with Crippen molar-refractivity contribution in [3.05, 3.63) is 45.7 Å². The Balaban J connectivity index is 1.68. The summed E-state index contributed by atoms with van der Waals surface area (Å²) >= 11 is 3.33. The minimum absolute atomic E-state index is 0.195. The molecule has 1 N–H and O–H groups in total. The first-order valence-corrected chi connectivity index (χ1v) is 8.48. The summed E-state index contributed by atoms with van der Waals surface area (Å²) in [6, 6.07) is 5.26. The van der Waals surface area contributed by atoms with E-state index >= 15 is 0 Å². The molecule has 0 saturated carbocycles. The molecule has 0 bridgehead atoms. The summed E-state index contributed by atoms with van der Waals surface area (Å²) in [5.74, 6) is -0.195. The van der Waals surface area contributed by atoms with Crippen molar-refractivity contribution in [3.63, 3.8) is 0 Å². The first-order valence-electron chi connectivity index (χ1n) is 7.69. The second kappa shape index (κ2) is 6.70. The van der Waals surface area contributed by atoms with Crippen LogP contribution in [0.15, 0.2) is 28.7 Å². The molecule has 2 heterocycles. The van der Waals surface area contributed by atoms with E-state index in [-0.39, 0.29) is 5.91 Å². The first kappa shape index (κ1) is 17.8. The van der Waals surface area contributed by atoms with E-state index in [9.17, 15) is 18.0 Å². The maximum absolute atomic E-state index is 12.8. The smallest absolute Gasteiger partial charge is 0.368 e. The Kier molecular flexibility index (Phi) is 4.77. The minimum atomic E-state index is -4.36. The van der Waals surface area contributed by atoms with Crippen LogP contribution in [0.25, 0.3) is 0 Å². The van der Waals surface area contributed by atoms with Crippen molar-refractivity contribution < 1.29 is 18.0 Å². The quantitative estimate of drug-likeness (QED) is 0.815. The van der Waals surface area contributed by atoms with Crippen LogP contribution in [0.3, 0.4) is 0 Å². The minimum Gasteiger partial charge on any atom is -0.368 e. The van der Waals surface area contributed by atoms with Crippen LogP contribution in [0, 0.1) is 6.92 Å². The van der Waals surface area contributed by atoms with Gasteiger partial charge in [-0.25, -0.2) is 0 Å². The summed E-state index contributed by atoms with van der Waals surface area (Å²) in [4.78, 5) is 16.0. The number of rotatable bonds is 2. The van der Waals surface area contributed by atoms with Gasteiger partial charge >= 0.3 is 6.18 Å². The molecule has 1 saturated heterocycles.